The average molecular weight is 539 g/mol. The third-order valence-corrected chi connectivity index (χ3v) is 6.86. The van der Waals surface area contributed by atoms with Crippen molar-refractivity contribution < 1.29 is 18.9 Å². The van der Waals surface area contributed by atoms with Crippen molar-refractivity contribution in [3.05, 3.63) is 120 Å². The molecule has 0 atom stereocenters. The summed E-state index contributed by atoms with van der Waals surface area (Å²) in [5.41, 5.74) is 2.52. The zero-order valence-electron chi connectivity index (χ0n) is 23.0. The van der Waals surface area contributed by atoms with Gasteiger partial charge in [0.2, 0.25) is 0 Å². The van der Waals surface area contributed by atoms with Gasteiger partial charge in [-0.3, -0.25) is 9.80 Å². The molecule has 1 heterocycles. The molecule has 0 amide bonds. The smallest absolute Gasteiger partial charge is 0.161 e. The van der Waals surface area contributed by atoms with Gasteiger partial charge in [0.25, 0.3) is 0 Å². The number of rotatable bonds is 4. The molecule has 40 heavy (non-hydrogen) atoms. The van der Waals surface area contributed by atoms with Crippen LogP contribution in [0.4, 0.5) is 0 Å². The Balaban J connectivity index is 1.31. The summed E-state index contributed by atoms with van der Waals surface area (Å²) in [6.45, 7) is 6.87. The molecule has 0 saturated heterocycles. The Morgan fingerprint density at radius 1 is 0.375 bits per heavy atom. The average Bonchev–Trinajstić information content (AvgIpc) is 2.99. The van der Waals surface area contributed by atoms with Crippen molar-refractivity contribution in [2.75, 3.05) is 52.6 Å². The van der Waals surface area contributed by atoms with Crippen molar-refractivity contribution in [3.8, 4) is 23.0 Å². The molecule has 4 aromatic rings. The maximum atomic E-state index is 6.24. The van der Waals surface area contributed by atoms with Crippen molar-refractivity contribution in [2.24, 2.45) is 0 Å². The number of ether oxygens (including phenoxy) is 4. The van der Waals surface area contributed by atoms with E-state index >= 15 is 0 Å². The fourth-order valence-corrected chi connectivity index (χ4v) is 4.74. The van der Waals surface area contributed by atoms with Gasteiger partial charge in [-0.25, -0.2) is 0 Å². The van der Waals surface area contributed by atoms with Crippen molar-refractivity contribution in [3.63, 3.8) is 0 Å². The minimum Gasteiger partial charge on any atom is -0.488 e. The van der Waals surface area contributed by atoms with Crippen LogP contribution < -0.4 is 18.9 Å². The maximum Gasteiger partial charge on any atom is 0.161 e. The van der Waals surface area contributed by atoms with E-state index in [1.54, 1.807) is 0 Å². The van der Waals surface area contributed by atoms with E-state index in [4.69, 9.17) is 18.9 Å². The lowest BCUT2D eigenvalue weighted by atomic mass is 10.2. The molecule has 5 rings (SSSR count). The number of hydrogen-bond donors (Lipinski definition) is 0. The quantitative estimate of drug-likeness (QED) is 0.321. The fourth-order valence-electron chi connectivity index (χ4n) is 4.74. The molecule has 0 aromatic heterocycles. The number of nitrogens with zero attached hydrogens (tertiary/aromatic N) is 2. The first-order valence-corrected chi connectivity index (χ1v) is 14.1. The highest BCUT2D eigenvalue weighted by molar-refractivity contribution is 5.40. The van der Waals surface area contributed by atoms with Gasteiger partial charge in [-0.1, -0.05) is 84.9 Å². The Morgan fingerprint density at radius 3 is 0.950 bits per heavy atom. The van der Waals surface area contributed by atoms with E-state index in [0.717, 1.165) is 62.3 Å². The van der Waals surface area contributed by atoms with Crippen molar-refractivity contribution >= 4 is 0 Å². The van der Waals surface area contributed by atoms with Crippen LogP contribution in [-0.2, 0) is 13.1 Å². The van der Waals surface area contributed by atoms with Crippen LogP contribution in [0, 0.1) is 0 Å². The lowest BCUT2D eigenvalue weighted by Gasteiger charge is -2.25. The van der Waals surface area contributed by atoms with E-state index in [1.165, 1.54) is 11.1 Å². The van der Waals surface area contributed by atoms with Gasteiger partial charge >= 0.3 is 0 Å². The van der Waals surface area contributed by atoms with Crippen LogP contribution in [-0.4, -0.2) is 62.4 Å². The van der Waals surface area contributed by atoms with Crippen LogP contribution in [0.15, 0.2) is 109 Å². The van der Waals surface area contributed by atoms with Crippen LogP contribution in [0.5, 0.6) is 23.0 Å². The summed E-state index contributed by atoms with van der Waals surface area (Å²) in [7, 11) is 0. The first-order chi connectivity index (χ1) is 19.8. The predicted molar refractivity (Wildman–Crippen MR) is 158 cm³/mol. The Hall–Kier alpha value is -4.00. The van der Waals surface area contributed by atoms with E-state index in [9.17, 15) is 0 Å². The third-order valence-electron chi connectivity index (χ3n) is 6.86. The molecule has 0 fully saturated rings. The molecule has 6 nitrogen and oxygen atoms in total. The van der Waals surface area contributed by atoms with Crippen LogP contribution in [0.3, 0.4) is 0 Å². The van der Waals surface area contributed by atoms with Gasteiger partial charge in [-0.2, -0.15) is 0 Å². The first kappa shape index (κ1) is 27.6. The number of para-hydroxylation sites is 4. The van der Waals surface area contributed by atoms with E-state index in [1.807, 2.05) is 60.7 Å². The monoisotopic (exact) mass is 538 g/mol. The molecule has 208 valence electrons. The summed E-state index contributed by atoms with van der Waals surface area (Å²) in [6, 6.07) is 36.9. The molecule has 4 aromatic carbocycles. The van der Waals surface area contributed by atoms with Crippen molar-refractivity contribution in [1.82, 2.24) is 9.80 Å². The standard InChI is InChI=1S/C34H38N2O4/c1-3-11-29(12-4-1)27-35-19-23-37-31-15-7-9-17-33(31)39-25-21-36(28-30-13-5-2-6-14-30)22-26-40-34-18-10-8-16-32(34)38-24-20-35/h1-18H,19-28H2. The van der Waals surface area contributed by atoms with Gasteiger partial charge in [0.15, 0.2) is 23.0 Å². The molecule has 6 heteroatoms. The lowest BCUT2D eigenvalue weighted by Crippen LogP contribution is -2.33. The molecule has 1 aliphatic heterocycles. The Morgan fingerprint density at radius 2 is 0.650 bits per heavy atom. The highest BCUT2D eigenvalue weighted by Gasteiger charge is 2.13. The van der Waals surface area contributed by atoms with Crippen molar-refractivity contribution in [1.29, 1.82) is 0 Å². The van der Waals surface area contributed by atoms with Crippen LogP contribution in [0.25, 0.3) is 0 Å². The first-order valence-electron chi connectivity index (χ1n) is 14.1. The SMILES string of the molecule is c1ccc(CN2CCOc3ccccc3OCCN(Cc3ccccc3)CCOc3ccccc3OCC2)cc1. The summed E-state index contributed by atoms with van der Waals surface area (Å²) in [6.07, 6.45) is 0. The largest absolute Gasteiger partial charge is 0.488 e. The number of fused-ring (bicyclic) bond motifs is 2. The van der Waals surface area contributed by atoms with E-state index < -0.39 is 0 Å². The van der Waals surface area contributed by atoms with Gasteiger partial charge in [0.1, 0.15) is 26.4 Å². The molecule has 0 spiro atoms. The second kappa shape index (κ2) is 15.0. The lowest BCUT2D eigenvalue weighted by molar-refractivity contribution is 0.149. The molecule has 1 aliphatic rings. The normalized spacial score (nSPS) is 16.0. The Kier molecular flexibility index (Phi) is 10.3. The van der Waals surface area contributed by atoms with E-state index in [-0.39, 0.29) is 0 Å². The molecular formula is C34H38N2O4. The second-order valence-corrected chi connectivity index (χ2v) is 9.81. The Labute approximate surface area is 237 Å². The predicted octanol–water partition coefficient (Wildman–Crippen LogP) is 5.92. The van der Waals surface area contributed by atoms with E-state index in [0.29, 0.717) is 26.4 Å². The third kappa shape index (κ3) is 8.50. The molecule has 0 aliphatic carbocycles. The highest BCUT2D eigenvalue weighted by atomic mass is 16.5. The fraction of sp³-hybridized carbons (Fsp3) is 0.294. The summed E-state index contributed by atoms with van der Waals surface area (Å²) in [4.78, 5) is 4.71. The van der Waals surface area contributed by atoms with Gasteiger partial charge in [-0.15, -0.1) is 0 Å². The van der Waals surface area contributed by atoms with Crippen LogP contribution in [0.2, 0.25) is 0 Å². The molecule has 0 bridgehead atoms. The zero-order chi connectivity index (χ0) is 27.2. The highest BCUT2D eigenvalue weighted by Crippen LogP contribution is 2.28. The molecular weight excluding hydrogens is 500 g/mol. The van der Waals surface area contributed by atoms with Crippen LogP contribution >= 0.6 is 0 Å². The van der Waals surface area contributed by atoms with Gasteiger partial charge in [0.05, 0.1) is 0 Å². The van der Waals surface area contributed by atoms with E-state index in [2.05, 4.69) is 58.3 Å². The second-order valence-electron chi connectivity index (χ2n) is 9.81. The molecule has 0 saturated carbocycles. The topological polar surface area (TPSA) is 43.4 Å². The van der Waals surface area contributed by atoms with Crippen molar-refractivity contribution in [2.45, 2.75) is 13.1 Å². The maximum absolute atomic E-state index is 6.24. The van der Waals surface area contributed by atoms with Gasteiger partial charge < -0.3 is 18.9 Å². The van der Waals surface area contributed by atoms with Crippen LogP contribution in [0.1, 0.15) is 11.1 Å². The number of hydrogen-bond acceptors (Lipinski definition) is 6. The molecule has 0 radical (unpaired) electrons. The van der Waals surface area contributed by atoms with Gasteiger partial charge in [-0.05, 0) is 35.4 Å². The minimum absolute atomic E-state index is 0.549. The number of benzene rings is 4. The Bertz CT molecular complexity index is 1130. The summed E-state index contributed by atoms with van der Waals surface area (Å²) < 4.78 is 25.0. The molecule has 0 unspecified atom stereocenters. The minimum atomic E-state index is 0.549. The summed E-state index contributed by atoms with van der Waals surface area (Å²) in [5, 5.41) is 0. The summed E-state index contributed by atoms with van der Waals surface area (Å²) in [5.74, 6) is 3.08. The van der Waals surface area contributed by atoms with Gasteiger partial charge in [0, 0.05) is 39.3 Å². The zero-order valence-corrected chi connectivity index (χ0v) is 23.0. The summed E-state index contributed by atoms with van der Waals surface area (Å²) >= 11 is 0. The molecule has 0 N–H and O–H groups in total.